The van der Waals surface area contributed by atoms with Crippen molar-refractivity contribution in [1.29, 1.82) is 0 Å². The van der Waals surface area contributed by atoms with Crippen molar-refractivity contribution in [3.8, 4) is 0 Å². The zero-order valence-electron chi connectivity index (χ0n) is 8.85. The molecule has 0 saturated carbocycles. The first kappa shape index (κ1) is 9.28. The summed E-state index contributed by atoms with van der Waals surface area (Å²) in [5, 5.41) is 1.25. The van der Waals surface area contributed by atoms with Gasteiger partial charge >= 0.3 is 0 Å². The molecule has 16 heavy (non-hydrogen) atoms. The monoisotopic (exact) mass is 204 g/mol. The van der Waals surface area contributed by atoms with E-state index in [-0.39, 0.29) is 0 Å². The van der Waals surface area contributed by atoms with Crippen molar-refractivity contribution in [1.82, 2.24) is 4.98 Å². The number of hydrogen-bond acceptors (Lipinski definition) is 0. The molecule has 0 aliphatic rings. The maximum atomic E-state index is 3.39. The third-order valence-electron chi connectivity index (χ3n) is 2.67. The minimum atomic E-state index is 1.15. The summed E-state index contributed by atoms with van der Waals surface area (Å²) in [5.74, 6) is 0. The second-order valence-electron chi connectivity index (χ2n) is 3.87. The van der Waals surface area contributed by atoms with E-state index in [9.17, 15) is 0 Å². The van der Waals surface area contributed by atoms with Gasteiger partial charge in [-0.15, -0.1) is 0 Å². The Kier molecular flexibility index (Phi) is 2.26. The second-order valence-corrected chi connectivity index (χ2v) is 3.87. The van der Waals surface area contributed by atoms with Crippen LogP contribution in [0.25, 0.3) is 10.9 Å². The Morgan fingerprint density at radius 1 is 0.812 bits per heavy atom. The van der Waals surface area contributed by atoms with Crippen molar-refractivity contribution in [2.24, 2.45) is 0 Å². The molecule has 2 heteroatoms. The number of aromatic amines is 1. The topological polar surface area (TPSA) is 15.8 Å². The lowest BCUT2D eigenvalue weighted by Gasteiger charge is -1.95. The standard InChI is InChI=1S/C14H11BN/c1-2-7-12(8-3-1)15-14-10-11-6-4-5-9-13(11)16-14/h1-10,16H. The van der Waals surface area contributed by atoms with E-state index in [0.717, 1.165) is 5.59 Å². The number of aromatic nitrogens is 1. The van der Waals surface area contributed by atoms with E-state index in [2.05, 4.69) is 60.8 Å². The van der Waals surface area contributed by atoms with E-state index in [1.54, 1.807) is 0 Å². The molecule has 0 saturated heterocycles. The van der Waals surface area contributed by atoms with Gasteiger partial charge in [0.25, 0.3) is 0 Å². The van der Waals surface area contributed by atoms with Gasteiger partial charge in [0, 0.05) is 5.52 Å². The fourth-order valence-corrected chi connectivity index (χ4v) is 1.90. The normalized spacial score (nSPS) is 10.5. The van der Waals surface area contributed by atoms with Crippen molar-refractivity contribution < 1.29 is 0 Å². The molecule has 0 amide bonds. The lowest BCUT2D eigenvalue weighted by atomic mass is 9.67. The second kappa shape index (κ2) is 3.89. The molecule has 0 spiro atoms. The SMILES string of the molecule is [B](c1ccccc1)c1cc2ccccc2[nH]1. The summed E-state index contributed by atoms with van der Waals surface area (Å²) >= 11 is 0. The molecule has 3 rings (SSSR count). The highest BCUT2D eigenvalue weighted by Crippen LogP contribution is 2.08. The zero-order chi connectivity index (χ0) is 10.8. The van der Waals surface area contributed by atoms with Crippen LogP contribution in [0.4, 0.5) is 0 Å². The third-order valence-corrected chi connectivity index (χ3v) is 2.67. The van der Waals surface area contributed by atoms with Crippen LogP contribution in [0.5, 0.6) is 0 Å². The fourth-order valence-electron chi connectivity index (χ4n) is 1.90. The largest absolute Gasteiger partial charge is 0.367 e. The number of benzene rings is 2. The average molecular weight is 204 g/mol. The summed E-state index contributed by atoms with van der Waals surface area (Å²) in [7, 11) is 2.15. The molecule has 1 radical (unpaired) electrons. The molecule has 2 aromatic carbocycles. The first-order valence-corrected chi connectivity index (χ1v) is 5.39. The van der Waals surface area contributed by atoms with Crippen LogP contribution < -0.4 is 11.1 Å². The van der Waals surface area contributed by atoms with Crippen LogP contribution in [0.2, 0.25) is 0 Å². The van der Waals surface area contributed by atoms with Crippen molar-refractivity contribution in [2.45, 2.75) is 0 Å². The number of rotatable bonds is 2. The van der Waals surface area contributed by atoms with Gasteiger partial charge in [0.15, 0.2) is 0 Å². The predicted molar refractivity (Wildman–Crippen MR) is 69.8 cm³/mol. The molecule has 75 valence electrons. The van der Waals surface area contributed by atoms with E-state index >= 15 is 0 Å². The smallest absolute Gasteiger partial charge is 0.213 e. The summed E-state index contributed by atoms with van der Waals surface area (Å²) < 4.78 is 0. The average Bonchev–Trinajstić information content (AvgIpc) is 2.72. The van der Waals surface area contributed by atoms with Crippen molar-refractivity contribution >= 4 is 29.2 Å². The van der Waals surface area contributed by atoms with Gasteiger partial charge in [0.1, 0.15) is 0 Å². The zero-order valence-corrected chi connectivity index (χ0v) is 8.85. The predicted octanol–water partition coefficient (Wildman–Crippen LogP) is 1.82. The molecule has 0 fully saturated rings. The summed E-state index contributed by atoms with van der Waals surface area (Å²) in [6.45, 7) is 0. The third kappa shape index (κ3) is 1.74. The number of fused-ring (bicyclic) bond motifs is 1. The van der Waals surface area contributed by atoms with Crippen molar-refractivity contribution in [2.75, 3.05) is 0 Å². The molecule has 0 aliphatic carbocycles. The highest BCUT2D eigenvalue weighted by Gasteiger charge is 2.02. The number of para-hydroxylation sites is 1. The molecule has 0 atom stereocenters. The first-order valence-electron chi connectivity index (χ1n) is 5.39. The molecule has 0 aliphatic heterocycles. The molecule has 0 unspecified atom stereocenters. The molecule has 1 heterocycles. The van der Waals surface area contributed by atoms with E-state index in [1.165, 1.54) is 16.4 Å². The molecule has 1 nitrogen and oxygen atoms in total. The summed E-state index contributed by atoms with van der Waals surface area (Å²) in [4.78, 5) is 3.39. The van der Waals surface area contributed by atoms with Crippen LogP contribution in [0.3, 0.4) is 0 Å². The lowest BCUT2D eigenvalue weighted by Crippen LogP contribution is -2.27. The first-order chi connectivity index (χ1) is 7.92. The number of hydrogen-bond donors (Lipinski definition) is 1. The maximum absolute atomic E-state index is 3.39. The van der Waals surface area contributed by atoms with Crippen LogP contribution in [-0.2, 0) is 0 Å². The summed E-state index contributed by atoms with van der Waals surface area (Å²) in [6.07, 6.45) is 0. The van der Waals surface area contributed by atoms with Gasteiger partial charge in [0.05, 0.1) is 0 Å². The van der Waals surface area contributed by atoms with Gasteiger partial charge in [0.2, 0.25) is 7.28 Å². The molecule has 0 bridgehead atoms. The van der Waals surface area contributed by atoms with Crippen molar-refractivity contribution in [3.05, 3.63) is 60.7 Å². The van der Waals surface area contributed by atoms with Crippen LogP contribution >= 0.6 is 0 Å². The van der Waals surface area contributed by atoms with Crippen LogP contribution in [-0.4, -0.2) is 12.3 Å². The Balaban J connectivity index is 1.95. The Bertz CT molecular complexity index is 565. The van der Waals surface area contributed by atoms with E-state index in [1.807, 2.05) is 12.1 Å². The number of H-pyrrole nitrogens is 1. The van der Waals surface area contributed by atoms with E-state index in [4.69, 9.17) is 0 Å². The van der Waals surface area contributed by atoms with Gasteiger partial charge in [-0.1, -0.05) is 54.0 Å². The minimum Gasteiger partial charge on any atom is -0.367 e. The Hall–Kier alpha value is -1.96. The Morgan fingerprint density at radius 2 is 1.56 bits per heavy atom. The molecule has 1 N–H and O–H groups in total. The summed E-state index contributed by atoms with van der Waals surface area (Å²) in [5.41, 5.74) is 3.55. The van der Waals surface area contributed by atoms with Gasteiger partial charge < -0.3 is 4.98 Å². The minimum absolute atomic E-state index is 1.15. The van der Waals surface area contributed by atoms with Crippen molar-refractivity contribution in [3.63, 3.8) is 0 Å². The maximum Gasteiger partial charge on any atom is 0.213 e. The summed E-state index contributed by atoms with van der Waals surface area (Å²) in [6, 6.07) is 20.8. The van der Waals surface area contributed by atoms with E-state index < -0.39 is 0 Å². The lowest BCUT2D eigenvalue weighted by molar-refractivity contribution is 1.54. The van der Waals surface area contributed by atoms with Crippen LogP contribution in [0.1, 0.15) is 0 Å². The molecular formula is C14H11BN. The quantitative estimate of drug-likeness (QED) is 0.613. The highest BCUT2D eigenvalue weighted by atomic mass is 14.7. The molecular weight excluding hydrogens is 193 g/mol. The van der Waals surface area contributed by atoms with Crippen LogP contribution in [0, 0.1) is 0 Å². The van der Waals surface area contributed by atoms with Gasteiger partial charge in [-0.2, -0.15) is 0 Å². The van der Waals surface area contributed by atoms with Crippen LogP contribution in [0.15, 0.2) is 60.7 Å². The highest BCUT2D eigenvalue weighted by molar-refractivity contribution is 6.66. The molecule has 3 aromatic rings. The van der Waals surface area contributed by atoms with E-state index in [0.29, 0.717) is 0 Å². The van der Waals surface area contributed by atoms with Gasteiger partial charge in [-0.25, -0.2) is 0 Å². The Morgan fingerprint density at radius 3 is 2.38 bits per heavy atom. The fraction of sp³-hybridized carbons (Fsp3) is 0. The number of nitrogens with one attached hydrogen (secondary N) is 1. The Labute approximate surface area is 95.4 Å². The van der Waals surface area contributed by atoms with Gasteiger partial charge in [-0.05, 0) is 23.1 Å². The molecule has 1 aromatic heterocycles. The van der Waals surface area contributed by atoms with Gasteiger partial charge in [-0.3, -0.25) is 0 Å².